The molecule has 1 spiro atoms. The van der Waals surface area contributed by atoms with E-state index in [1.807, 2.05) is 0 Å². The van der Waals surface area contributed by atoms with Gasteiger partial charge in [0.2, 0.25) is 0 Å². The van der Waals surface area contributed by atoms with Gasteiger partial charge in [0.15, 0.2) is 0 Å². The lowest BCUT2D eigenvalue weighted by Gasteiger charge is -2.52. The fourth-order valence-electron chi connectivity index (χ4n) is 5.23. The first kappa shape index (κ1) is 24.9. The summed E-state index contributed by atoms with van der Waals surface area (Å²) in [5, 5.41) is 0. The fourth-order valence-corrected chi connectivity index (χ4v) is 5.23. The second kappa shape index (κ2) is 10.5. The van der Waals surface area contributed by atoms with Crippen molar-refractivity contribution in [3.8, 4) is 0 Å². The van der Waals surface area contributed by atoms with Crippen molar-refractivity contribution >= 4 is 12.2 Å². The molecule has 0 aromatic carbocycles. The van der Waals surface area contributed by atoms with Crippen LogP contribution in [0, 0.1) is 5.41 Å². The van der Waals surface area contributed by atoms with Crippen LogP contribution in [0.5, 0.6) is 0 Å². The maximum absolute atomic E-state index is 13.1. The van der Waals surface area contributed by atoms with Gasteiger partial charge in [-0.25, -0.2) is 9.59 Å². The quantitative estimate of drug-likeness (QED) is 0.538. The molecule has 0 aromatic rings. The van der Waals surface area contributed by atoms with Gasteiger partial charge < -0.3 is 24.0 Å². The Balaban J connectivity index is 1.47. The van der Waals surface area contributed by atoms with Gasteiger partial charge in [0, 0.05) is 45.4 Å². The molecular weight excluding hydrogens is 431 g/mol. The lowest BCUT2D eigenvalue weighted by molar-refractivity contribution is -0.149. The van der Waals surface area contributed by atoms with E-state index in [4.69, 9.17) is 14.2 Å². The van der Waals surface area contributed by atoms with E-state index >= 15 is 0 Å². The fraction of sp³-hybridized carbons (Fsp3) is 0.905. The molecule has 3 aliphatic rings. The second-order valence-corrected chi connectivity index (χ2v) is 9.05. The van der Waals surface area contributed by atoms with Gasteiger partial charge in [0.05, 0.1) is 13.2 Å². The minimum Gasteiger partial charge on any atom is -0.450 e. The number of methoxy groups -OCH3 is 1. The zero-order chi connectivity index (χ0) is 23.4. The number of hydrogen-bond donors (Lipinski definition) is 0. The number of rotatable bonds is 7. The van der Waals surface area contributed by atoms with E-state index in [2.05, 4.69) is 4.90 Å². The third kappa shape index (κ3) is 6.18. The number of amides is 2. The molecule has 11 heteroatoms. The molecule has 0 radical (unpaired) electrons. The largest absolute Gasteiger partial charge is 0.450 e. The highest BCUT2D eigenvalue weighted by molar-refractivity contribution is 5.68. The predicted molar refractivity (Wildman–Crippen MR) is 109 cm³/mol. The van der Waals surface area contributed by atoms with E-state index in [0.717, 1.165) is 24.2 Å². The molecule has 2 saturated heterocycles. The number of nitrogens with zero attached hydrogens (tertiary/aromatic N) is 3. The minimum atomic E-state index is -4.48. The second-order valence-electron chi connectivity index (χ2n) is 9.05. The summed E-state index contributed by atoms with van der Waals surface area (Å²) in [6.45, 7) is 3.64. The highest BCUT2D eigenvalue weighted by Crippen LogP contribution is 2.50. The van der Waals surface area contributed by atoms with Crippen molar-refractivity contribution in [1.29, 1.82) is 0 Å². The molecule has 0 bridgehead atoms. The SMILES string of the molecule is CCOC(=O)N1CCC2(CC(N3CCC(N(CC(F)(F)F)C(=O)OCCOC)CC3)C2)C1. The molecule has 2 amide bonds. The molecular formula is C21H34F3N3O5. The first-order valence-corrected chi connectivity index (χ1v) is 11.3. The van der Waals surface area contributed by atoms with Gasteiger partial charge in [-0.3, -0.25) is 4.90 Å². The first-order chi connectivity index (χ1) is 15.2. The van der Waals surface area contributed by atoms with Crippen LogP contribution in [0.25, 0.3) is 0 Å². The van der Waals surface area contributed by atoms with Gasteiger partial charge >= 0.3 is 18.4 Å². The summed E-state index contributed by atoms with van der Waals surface area (Å²) in [5.74, 6) is 0. The number of carbonyl (C=O) groups excluding carboxylic acids is 2. The summed E-state index contributed by atoms with van der Waals surface area (Å²) in [7, 11) is 1.43. The van der Waals surface area contributed by atoms with E-state index in [1.165, 1.54) is 7.11 Å². The van der Waals surface area contributed by atoms with Crippen LogP contribution in [0.2, 0.25) is 0 Å². The summed E-state index contributed by atoms with van der Waals surface area (Å²) in [6.07, 6.45) is -1.78. The Kier molecular flexibility index (Phi) is 8.13. The Morgan fingerprint density at radius 1 is 1.09 bits per heavy atom. The van der Waals surface area contributed by atoms with Crippen molar-refractivity contribution in [2.45, 2.75) is 57.3 Å². The molecule has 0 atom stereocenters. The molecule has 0 N–H and O–H groups in total. The van der Waals surface area contributed by atoms with Crippen LogP contribution in [0.3, 0.4) is 0 Å². The lowest BCUT2D eigenvalue weighted by atomic mass is 9.64. The van der Waals surface area contributed by atoms with E-state index < -0.39 is 24.9 Å². The number of hydrogen-bond acceptors (Lipinski definition) is 6. The molecule has 1 aliphatic carbocycles. The highest BCUT2D eigenvalue weighted by atomic mass is 19.4. The molecule has 32 heavy (non-hydrogen) atoms. The van der Waals surface area contributed by atoms with E-state index in [9.17, 15) is 22.8 Å². The third-order valence-corrected chi connectivity index (χ3v) is 6.85. The highest BCUT2D eigenvalue weighted by Gasteiger charge is 2.51. The van der Waals surface area contributed by atoms with Gasteiger partial charge in [-0.2, -0.15) is 13.2 Å². The summed E-state index contributed by atoms with van der Waals surface area (Å²) in [5.41, 5.74) is 0.141. The van der Waals surface area contributed by atoms with E-state index in [-0.39, 0.29) is 24.7 Å². The number of ether oxygens (including phenoxy) is 3. The Morgan fingerprint density at radius 3 is 2.38 bits per heavy atom. The summed E-state index contributed by atoms with van der Waals surface area (Å²) in [6, 6.07) is -0.120. The van der Waals surface area contributed by atoms with Gasteiger partial charge in [-0.1, -0.05) is 0 Å². The van der Waals surface area contributed by atoms with Crippen molar-refractivity contribution in [3.63, 3.8) is 0 Å². The summed E-state index contributed by atoms with van der Waals surface area (Å²) < 4.78 is 54.0. The van der Waals surface area contributed by atoms with Crippen molar-refractivity contribution in [1.82, 2.24) is 14.7 Å². The van der Waals surface area contributed by atoms with Crippen molar-refractivity contribution < 1.29 is 37.0 Å². The van der Waals surface area contributed by atoms with Gasteiger partial charge in [-0.05, 0) is 44.4 Å². The molecule has 184 valence electrons. The maximum atomic E-state index is 13.1. The zero-order valence-corrected chi connectivity index (χ0v) is 18.9. The molecule has 0 aromatic heterocycles. The smallest absolute Gasteiger partial charge is 0.410 e. The van der Waals surface area contributed by atoms with Gasteiger partial charge in [-0.15, -0.1) is 0 Å². The number of carbonyl (C=O) groups is 2. The van der Waals surface area contributed by atoms with E-state index in [1.54, 1.807) is 11.8 Å². The topological polar surface area (TPSA) is 71.6 Å². The van der Waals surface area contributed by atoms with Crippen LogP contribution in [0.1, 0.15) is 39.0 Å². The molecule has 3 fully saturated rings. The first-order valence-electron chi connectivity index (χ1n) is 11.3. The Morgan fingerprint density at radius 2 is 1.78 bits per heavy atom. The van der Waals surface area contributed by atoms with Crippen molar-refractivity contribution in [2.75, 3.05) is 59.7 Å². The molecule has 2 heterocycles. The average molecular weight is 466 g/mol. The van der Waals surface area contributed by atoms with Crippen LogP contribution >= 0.6 is 0 Å². The standard InChI is InChI=1S/C21H34F3N3O5/c1-3-31-18(28)26-9-6-20(14-26)12-17(13-20)25-7-4-16(5-8-25)27(15-21(22,23)24)19(29)32-11-10-30-2/h16-17H,3-15H2,1-2H3. The predicted octanol–water partition coefficient (Wildman–Crippen LogP) is 3.11. The number of halogens is 3. The van der Waals surface area contributed by atoms with Gasteiger partial charge in [0.25, 0.3) is 0 Å². The number of piperidine rings is 1. The maximum Gasteiger partial charge on any atom is 0.410 e. The van der Waals surface area contributed by atoms with Crippen molar-refractivity contribution in [2.24, 2.45) is 5.41 Å². The zero-order valence-electron chi connectivity index (χ0n) is 18.9. The molecule has 8 nitrogen and oxygen atoms in total. The molecule has 1 saturated carbocycles. The Bertz CT molecular complexity index is 649. The molecule has 3 rings (SSSR count). The lowest BCUT2D eigenvalue weighted by Crippen LogP contribution is -2.57. The van der Waals surface area contributed by atoms with Crippen LogP contribution in [0.4, 0.5) is 22.8 Å². The minimum absolute atomic E-state index is 0.0739. The molecule has 0 unspecified atom stereocenters. The molecule has 2 aliphatic heterocycles. The van der Waals surface area contributed by atoms with Crippen molar-refractivity contribution in [3.05, 3.63) is 0 Å². The average Bonchev–Trinajstić information content (AvgIpc) is 3.17. The van der Waals surface area contributed by atoms with Gasteiger partial charge in [0.1, 0.15) is 13.2 Å². The van der Waals surface area contributed by atoms with E-state index in [0.29, 0.717) is 51.7 Å². The van der Waals surface area contributed by atoms with Crippen LogP contribution in [-0.2, 0) is 14.2 Å². The Hall–Kier alpha value is -1.75. The third-order valence-electron chi connectivity index (χ3n) is 6.85. The van der Waals surface area contributed by atoms with Crippen LogP contribution < -0.4 is 0 Å². The normalized spacial score (nSPS) is 26.8. The monoisotopic (exact) mass is 465 g/mol. The van der Waals surface area contributed by atoms with Crippen LogP contribution in [-0.4, -0.2) is 105 Å². The summed E-state index contributed by atoms with van der Waals surface area (Å²) >= 11 is 0. The summed E-state index contributed by atoms with van der Waals surface area (Å²) in [4.78, 5) is 29.1. The number of alkyl halides is 3. The number of likely N-dealkylation sites (tertiary alicyclic amines) is 2. The van der Waals surface area contributed by atoms with Crippen LogP contribution in [0.15, 0.2) is 0 Å². The Labute approximate surface area is 186 Å².